The molecule has 0 aliphatic rings. The predicted octanol–water partition coefficient (Wildman–Crippen LogP) is 0.169. The zero-order valence-electron chi connectivity index (χ0n) is 7.53. The summed E-state index contributed by atoms with van der Waals surface area (Å²) in [5.41, 5.74) is 4.94. The molecule has 0 spiro atoms. The van der Waals surface area contributed by atoms with Crippen LogP contribution in [0, 0.1) is 0 Å². The molecule has 0 aliphatic heterocycles. The molecule has 1 atom stereocenters. The van der Waals surface area contributed by atoms with Crippen molar-refractivity contribution in [2.45, 2.75) is 6.04 Å². The molecule has 6 nitrogen and oxygen atoms in total. The van der Waals surface area contributed by atoms with Crippen LogP contribution in [0.5, 0.6) is 0 Å². The third kappa shape index (κ3) is 6.05. The molecular weight excluding hydrogens is 240 g/mol. The van der Waals surface area contributed by atoms with Crippen LogP contribution in [0.1, 0.15) is 9.80 Å². The highest BCUT2D eigenvalue weighted by atomic mass is 32.1. The largest absolute Gasteiger partial charge is 0.480 e. The average Bonchev–Trinajstić information content (AvgIpc) is 2.70. The Morgan fingerprint density at radius 1 is 1.60 bits per heavy atom. The molecule has 0 bridgehead atoms. The van der Waals surface area contributed by atoms with Crippen LogP contribution in [0.2, 0.25) is 0 Å². The summed E-state index contributed by atoms with van der Waals surface area (Å²) in [4.78, 5) is 23.3. The molecule has 84 valence electrons. The van der Waals surface area contributed by atoms with Crippen LogP contribution in [0.25, 0.3) is 0 Å². The second-order valence-corrected chi connectivity index (χ2v) is 3.53. The van der Waals surface area contributed by atoms with Gasteiger partial charge in [0.15, 0.2) is 0 Å². The van der Waals surface area contributed by atoms with Crippen molar-refractivity contribution in [1.29, 1.82) is 0 Å². The first-order valence-corrected chi connectivity index (χ1v) is 5.22. The second-order valence-electron chi connectivity index (χ2n) is 2.27. The van der Waals surface area contributed by atoms with Gasteiger partial charge < -0.3 is 15.9 Å². The average molecular weight is 250 g/mol. The lowest BCUT2D eigenvalue weighted by Crippen LogP contribution is -2.31. The van der Waals surface area contributed by atoms with E-state index in [0.717, 1.165) is 11.3 Å². The zero-order valence-corrected chi connectivity index (χ0v) is 9.24. The van der Waals surface area contributed by atoms with Crippen molar-refractivity contribution in [2.75, 3.05) is 5.75 Å². The normalized spacial score (nSPS) is 11.1. The van der Waals surface area contributed by atoms with E-state index in [9.17, 15) is 9.59 Å². The molecule has 1 aromatic heterocycles. The maximum Gasteiger partial charge on any atom is 0.364 e. The van der Waals surface area contributed by atoms with E-state index in [1.807, 2.05) is 0 Å². The molecule has 1 aromatic rings. The zero-order chi connectivity index (χ0) is 11.8. The van der Waals surface area contributed by atoms with E-state index in [2.05, 4.69) is 17.6 Å². The van der Waals surface area contributed by atoms with Gasteiger partial charge >= 0.3 is 11.9 Å². The van der Waals surface area contributed by atoms with Gasteiger partial charge in [0.25, 0.3) is 0 Å². The molecule has 1 heterocycles. The highest BCUT2D eigenvalue weighted by Crippen LogP contribution is 2.01. The summed E-state index contributed by atoms with van der Waals surface area (Å²) in [6.45, 7) is 0. The molecular formula is C7H10N2O4S2. The number of aliphatic carboxylic acids is 1. The van der Waals surface area contributed by atoms with Crippen LogP contribution in [0.15, 0.2) is 11.6 Å². The summed E-state index contributed by atoms with van der Waals surface area (Å²) in [5.74, 6) is -1.77. The summed E-state index contributed by atoms with van der Waals surface area (Å²) < 4.78 is 0. The Labute approximate surface area is 95.2 Å². The third-order valence-corrected chi connectivity index (χ3v) is 2.28. The number of aromatic carboxylic acids is 1. The van der Waals surface area contributed by atoms with Gasteiger partial charge in [-0.15, -0.1) is 11.3 Å². The number of thiazole rings is 1. The number of carboxylic acids is 2. The Hall–Kier alpha value is -1.12. The monoisotopic (exact) mass is 250 g/mol. The van der Waals surface area contributed by atoms with Crippen molar-refractivity contribution in [3.8, 4) is 0 Å². The van der Waals surface area contributed by atoms with Crippen LogP contribution >= 0.6 is 24.0 Å². The van der Waals surface area contributed by atoms with Crippen molar-refractivity contribution < 1.29 is 19.8 Å². The van der Waals surface area contributed by atoms with Crippen LogP contribution in [-0.2, 0) is 4.79 Å². The highest BCUT2D eigenvalue weighted by molar-refractivity contribution is 7.80. The second kappa shape index (κ2) is 7.21. The molecule has 0 amide bonds. The lowest BCUT2D eigenvalue weighted by molar-refractivity contribution is -0.137. The number of hydrogen-bond donors (Lipinski definition) is 4. The molecule has 1 rings (SSSR count). The summed E-state index contributed by atoms with van der Waals surface area (Å²) in [6, 6.07) is -0.816. The van der Waals surface area contributed by atoms with Gasteiger partial charge in [-0.05, 0) is 0 Å². The molecule has 8 heteroatoms. The first kappa shape index (κ1) is 13.9. The molecule has 0 aromatic carbocycles. The van der Waals surface area contributed by atoms with Crippen molar-refractivity contribution in [1.82, 2.24) is 4.98 Å². The number of hydrogen-bond acceptors (Lipinski definition) is 6. The molecule has 15 heavy (non-hydrogen) atoms. The topological polar surface area (TPSA) is 114 Å². The Kier molecular flexibility index (Phi) is 6.67. The van der Waals surface area contributed by atoms with Crippen LogP contribution in [-0.4, -0.2) is 38.9 Å². The number of nitrogens with zero attached hydrogens (tertiary/aromatic N) is 1. The Morgan fingerprint density at radius 3 is 2.33 bits per heavy atom. The van der Waals surface area contributed by atoms with E-state index < -0.39 is 18.0 Å². The maximum absolute atomic E-state index is 10.0. The SMILES string of the molecule is N[C@@H](CS)C(=O)O.O=C(O)c1nccs1. The fourth-order valence-electron chi connectivity index (χ4n) is 0.407. The van der Waals surface area contributed by atoms with Crippen molar-refractivity contribution in [2.24, 2.45) is 5.73 Å². The standard InChI is InChI=1S/C4H3NO2S.C3H7NO2S/c6-4(7)3-5-1-2-8-3;4-2(1-7)3(5)6/h1-2H,(H,6,7);2,7H,1,4H2,(H,5,6)/t;2-/m.0/s1. The summed E-state index contributed by atoms with van der Waals surface area (Å²) in [5, 5.41) is 18.0. The van der Waals surface area contributed by atoms with Gasteiger partial charge in [-0.25, -0.2) is 9.78 Å². The smallest absolute Gasteiger partial charge is 0.364 e. The van der Waals surface area contributed by atoms with Crippen LogP contribution < -0.4 is 5.73 Å². The third-order valence-electron chi connectivity index (χ3n) is 1.13. The lowest BCUT2D eigenvalue weighted by atomic mass is 10.4. The Balaban J connectivity index is 0.000000265. The summed E-state index contributed by atoms with van der Waals surface area (Å²) >= 11 is 4.77. The summed E-state index contributed by atoms with van der Waals surface area (Å²) in [6.07, 6.45) is 1.47. The molecule has 0 aliphatic carbocycles. The number of thiol groups is 1. The van der Waals surface area contributed by atoms with Gasteiger partial charge in [0.2, 0.25) is 5.01 Å². The van der Waals surface area contributed by atoms with E-state index >= 15 is 0 Å². The minimum absolute atomic E-state index is 0.144. The minimum atomic E-state index is -1.00. The fraction of sp³-hybridized carbons (Fsp3) is 0.286. The molecule has 0 unspecified atom stereocenters. The number of nitrogens with two attached hydrogens (primary N) is 1. The first-order chi connectivity index (χ1) is 6.99. The van der Waals surface area contributed by atoms with E-state index in [-0.39, 0.29) is 10.8 Å². The molecule has 0 radical (unpaired) electrons. The minimum Gasteiger partial charge on any atom is -0.480 e. The molecule has 0 saturated heterocycles. The van der Waals surface area contributed by atoms with E-state index in [1.54, 1.807) is 5.38 Å². The number of carboxylic acid groups (broad SMARTS) is 2. The Bertz CT molecular complexity index is 315. The van der Waals surface area contributed by atoms with Crippen molar-refractivity contribution >= 4 is 35.9 Å². The van der Waals surface area contributed by atoms with Gasteiger partial charge in [-0.2, -0.15) is 12.6 Å². The fourth-order valence-corrected chi connectivity index (χ4v) is 1.04. The number of rotatable bonds is 3. The maximum atomic E-state index is 10.0. The molecule has 0 fully saturated rings. The number of aromatic nitrogens is 1. The van der Waals surface area contributed by atoms with Crippen LogP contribution in [0.3, 0.4) is 0 Å². The molecule has 4 N–H and O–H groups in total. The van der Waals surface area contributed by atoms with Crippen LogP contribution in [0.4, 0.5) is 0 Å². The highest BCUT2D eigenvalue weighted by Gasteiger charge is 2.06. The van der Waals surface area contributed by atoms with Crippen molar-refractivity contribution in [3.63, 3.8) is 0 Å². The summed E-state index contributed by atoms with van der Waals surface area (Å²) in [7, 11) is 0. The quantitative estimate of drug-likeness (QED) is 0.569. The van der Waals surface area contributed by atoms with E-state index in [0.29, 0.717) is 0 Å². The first-order valence-electron chi connectivity index (χ1n) is 3.71. The van der Waals surface area contributed by atoms with Gasteiger partial charge in [0, 0.05) is 17.3 Å². The van der Waals surface area contributed by atoms with Gasteiger partial charge in [-0.3, -0.25) is 4.79 Å². The lowest BCUT2D eigenvalue weighted by Gasteiger charge is -1.96. The van der Waals surface area contributed by atoms with Gasteiger partial charge in [0.1, 0.15) is 6.04 Å². The molecule has 0 saturated carbocycles. The van der Waals surface area contributed by atoms with E-state index in [4.69, 9.17) is 15.9 Å². The predicted molar refractivity (Wildman–Crippen MR) is 58.5 cm³/mol. The Morgan fingerprint density at radius 2 is 2.20 bits per heavy atom. The van der Waals surface area contributed by atoms with Gasteiger partial charge in [-0.1, -0.05) is 0 Å². The van der Waals surface area contributed by atoms with E-state index in [1.165, 1.54) is 6.20 Å². The van der Waals surface area contributed by atoms with Gasteiger partial charge in [0.05, 0.1) is 0 Å². The van der Waals surface area contributed by atoms with Crippen molar-refractivity contribution in [3.05, 3.63) is 16.6 Å². The number of carbonyl (C=O) groups is 2.